The average Bonchev–Trinajstić information content (AvgIpc) is 2.64. The molecule has 1 rings (SSSR count). The molecule has 0 heterocycles. The van der Waals surface area contributed by atoms with Crippen LogP contribution in [0.25, 0.3) is 0 Å². The topological polar surface area (TPSA) is 20.3 Å². The number of nitrogens with zero attached hydrogens (tertiary/aromatic N) is 1. The summed E-state index contributed by atoms with van der Waals surface area (Å²) in [6.45, 7) is 4.95. The van der Waals surface area contributed by atoms with Crippen molar-refractivity contribution >= 4 is 18.5 Å². The van der Waals surface area contributed by atoms with Crippen molar-refractivity contribution < 1.29 is 4.79 Å². The monoisotopic (exact) mass is 187 g/mol. The maximum absolute atomic E-state index is 11.4. The molecule has 1 aliphatic rings. The van der Waals surface area contributed by atoms with E-state index in [1.165, 1.54) is 6.42 Å². The van der Waals surface area contributed by atoms with Crippen molar-refractivity contribution in [1.82, 2.24) is 4.90 Å². The van der Waals surface area contributed by atoms with Gasteiger partial charge in [-0.25, -0.2) is 0 Å². The van der Waals surface area contributed by atoms with Crippen LogP contribution in [0, 0.1) is 11.8 Å². The molecule has 1 saturated carbocycles. The Bertz CT molecular complexity index is 181. The summed E-state index contributed by atoms with van der Waals surface area (Å²) < 4.78 is 0. The Labute approximate surface area is 79.7 Å². The van der Waals surface area contributed by atoms with E-state index in [1.54, 1.807) is 4.90 Å². The highest BCUT2D eigenvalue weighted by atomic mass is 32.1. The number of amides is 1. The van der Waals surface area contributed by atoms with Crippen LogP contribution >= 0.6 is 12.6 Å². The molecule has 12 heavy (non-hydrogen) atoms. The summed E-state index contributed by atoms with van der Waals surface area (Å²) >= 11 is 4.11. The lowest BCUT2D eigenvalue weighted by atomic mass is 10.3. The van der Waals surface area contributed by atoms with Gasteiger partial charge in [-0.2, -0.15) is 12.6 Å². The van der Waals surface area contributed by atoms with Crippen LogP contribution < -0.4 is 0 Å². The van der Waals surface area contributed by atoms with Gasteiger partial charge >= 0.3 is 0 Å². The van der Waals surface area contributed by atoms with Gasteiger partial charge in [-0.15, -0.1) is 0 Å². The highest BCUT2D eigenvalue weighted by molar-refractivity contribution is 7.81. The van der Waals surface area contributed by atoms with E-state index in [2.05, 4.69) is 19.6 Å². The van der Waals surface area contributed by atoms with Crippen molar-refractivity contribution in [2.75, 3.05) is 13.6 Å². The summed E-state index contributed by atoms with van der Waals surface area (Å²) in [5.41, 5.74) is 0. The molecule has 0 spiro atoms. The summed E-state index contributed by atoms with van der Waals surface area (Å²) in [4.78, 5) is 13.2. The Kier molecular flexibility index (Phi) is 3.04. The lowest BCUT2D eigenvalue weighted by Crippen LogP contribution is -2.33. The lowest BCUT2D eigenvalue weighted by molar-refractivity contribution is -0.129. The van der Waals surface area contributed by atoms with Gasteiger partial charge < -0.3 is 4.90 Å². The largest absolute Gasteiger partial charge is 0.345 e. The summed E-state index contributed by atoms with van der Waals surface area (Å²) in [6.07, 6.45) is 1.28. The minimum absolute atomic E-state index is 0.137. The molecular weight excluding hydrogens is 170 g/mol. The molecule has 1 fully saturated rings. The molecule has 1 aliphatic carbocycles. The molecule has 3 unspecified atom stereocenters. The summed E-state index contributed by atoms with van der Waals surface area (Å²) in [5, 5.41) is -0.163. The third-order valence-electron chi connectivity index (χ3n) is 2.52. The average molecular weight is 187 g/mol. The predicted molar refractivity (Wildman–Crippen MR) is 53.4 cm³/mol. The van der Waals surface area contributed by atoms with Crippen LogP contribution in [-0.2, 0) is 4.79 Å². The highest BCUT2D eigenvalue weighted by Crippen LogP contribution is 2.38. The fourth-order valence-electron chi connectivity index (χ4n) is 1.41. The Hall–Kier alpha value is -0.180. The van der Waals surface area contributed by atoms with Gasteiger partial charge in [-0.05, 0) is 25.2 Å². The van der Waals surface area contributed by atoms with E-state index < -0.39 is 0 Å². The predicted octanol–water partition coefficient (Wildman–Crippen LogP) is 1.42. The summed E-state index contributed by atoms with van der Waals surface area (Å²) in [5.74, 6) is 1.69. The molecular formula is C9H17NOS. The fraction of sp³-hybridized carbons (Fsp3) is 0.889. The van der Waals surface area contributed by atoms with Gasteiger partial charge in [0.2, 0.25) is 5.91 Å². The second kappa shape index (κ2) is 3.69. The van der Waals surface area contributed by atoms with Crippen LogP contribution in [0.3, 0.4) is 0 Å². The van der Waals surface area contributed by atoms with Crippen LogP contribution in [0.4, 0.5) is 0 Å². The van der Waals surface area contributed by atoms with Gasteiger partial charge in [0.05, 0.1) is 5.25 Å². The molecule has 0 aromatic heterocycles. The van der Waals surface area contributed by atoms with E-state index in [0.29, 0.717) is 0 Å². The maximum Gasteiger partial charge on any atom is 0.234 e. The van der Waals surface area contributed by atoms with E-state index >= 15 is 0 Å². The van der Waals surface area contributed by atoms with Crippen molar-refractivity contribution in [2.45, 2.75) is 25.5 Å². The van der Waals surface area contributed by atoms with Crippen molar-refractivity contribution in [1.29, 1.82) is 0 Å². The van der Waals surface area contributed by atoms with Crippen LogP contribution in [0.15, 0.2) is 0 Å². The molecule has 0 bridgehead atoms. The van der Waals surface area contributed by atoms with Crippen LogP contribution in [0.1, 0.15) is 20.3 Å². The zero-order valence-electron chi connectivity index (χ0n) is 7.95. The fourth-order valence-corrected chi connectivity index (χ4v) is 1.61. The summed E-state index contributed by atoms with van der Waals surface area (Å²) in [7, 11) is 1.86. The molecule has 0 aromatic carbocycles. The second-order valence-electron chi connectivity index (χ2n) is 3.87. The smallest absolute Gasteiger partial charge is 0.234 e. The maximum atomic E-state index is 11.4. The number of carbonyl (C=O) groups excluding carboxylic acids is 1. The van der Waals surface area contributed by atoms with Crippen LogP contribution in [0.2, 0.25) is 0 Å². The summed E-state index contributed by atoms with van der Waals surface area (Å²) in [6, 6.07) is 0. The molecule has 0 N–H and O–H groups in total. The zero-order chi connectivity index (χ0) is 9.30. The zero-order valence-corrected chi connectivity index (χ0v) is 8.84. The first kappa shape index (κ1) is 9.90. The molecule has 2 nitrogen and oxygen atoms in total. The molecule has 3 heteroatoms. The number of carbonyl (C=O) groups is 1. The molecule has 0 aromatic rings. The third-order valence-corrected chi connectivity index (χ3v) is 2.74. The van der Waals surface area contributed by atoms with Gasteiger partial charge in [0.25, 0.3) is 0 Å². The van der Waals surface area contributed by atoms with Gasteiger partial charge in [-0.3, -0.25) is 4.79 Å². The number of hydrogen-bond donors (Lipinski definition) is 1. The Morgan fingerprint density at radius 3 is 2.58 bits per heavy atom. The van der Waals surface area contributed by atoms with Crippen LogP contribution in [0.5, 0.6) is 0 Å². The van der Waals surface area contributed by atoms with E-state index in [4.69, 9.17) is 0 Å². The first-order valence-electron chi connectivity index (χ1n) is 4.45. The highest BCUT2D eigenvalue weighted by Gasteiger charge is 2.34. The van der Waals surface area contributed by atoms with Crippen LogP contribution in [-0.4, -0.2) is 29.6 Å². The van der Waals surface area contributed by atoms with E-state index in [-0.39, 0.29) is 11.2 Å². The Morgan fingerprint density at radius 1 is 1.75 bits per heavy atom. The Balaban J connectivity index is 2.28. The van der Waals surface area contributed by atoms with Gasteiger partial charge in [0.1, 0.15) is 0 Å². The molecule has 3 atom stereocenters. The number of thiol groups is 1. The molecule has 1 amide bonds. The van der Waals surface area contributed by atoms with E-state index in [0.717, 1.165) is 18.4 Å². The SMILES string of the molecule is CC(S)C(=O)N(C)CC1CC1C. The van der Waals surface area contributed by atoms with Gasteiger partial charge in [-0.1, -0.05) is 6.92 Å². The van der Waals surface area contributed by atoms with Crippen molar-refractivity contribution in [3.63, 3.8) is 0 Å². The number of rotatable bonds is 3. The van der Waals surface area contributed by atoms with E-state index in [9.17, 15) is 4.79 Å². The van der Waals surface area contributed by atoms with Gasteiger partial charge in [0, 0.05) is 13.6 Å². The minimum Gasteiger partial charge on any atom is -0.345 e. The molecule has 0 radical (unpaired) electrons. The Morgan fingerprint density at radius 2 is 2.25 bits per heavy atom. The quantitative estimate of drug-likeness (QED) is 0.663. The third kappa shape index (κ3) is 2.41. The first-order chi connectivity index (χ1) is 5.52. The lowest BCUT2D eigenvalue weighted by Gasteiger charge is -2.18. The first-order valence-corrected chi connectivity index (χ1v) is 4.97. The van der Waals surface area contributed by atoms with Crippen molar-refractivity contribution in [3.8, 4) is 0 Å². The molecule has 70 valence electrons. The molecule has 0 saturated heterocycles. The minimum atomic E-state index is -0.163. The number of hydrogen-bond acceptors (Lipinski definition) is 2. The van der Waals surface area contributed by atoms with Gasteiger partial charge in [0.15, 0.2) is 0 Å². The second-order valence-corrected chi connectivity index (χ2v) is 4.64. The molecule has 0 aliphatic heterocycles. The van der Waals surface area contributed by atoms with Crippen molar-refractivity contribution in [3.05, 3.63) is 0 Å². The standard InChI is InChI=1S/C9H17NOS/c1-6-4-8(6)5-10(3)9(11)7(2)12/h6-8,12H,4-5H2,1-3H3. The normalized spacial score (nSPS) is 29.7. The van der Waals surface area contributed by atoms with Crippen molar-refractivity contribution in [2.24, 2.45) is 11.8 Å². The van der Waals surface area contributed by atoms with E-state index in [1.807, 2.05) is 14.0 Å².